The van der Waals surface area contributed by atoms with E-state index in [0.717, 1.165) is 0 Å². The van der Waals surface area contributed by atoms with Gasteiger partial charge in [-0.15, -0.1) is 0 Å². The molecule has 66 valence electrons. The molecule has 1 aromatic rings. The Labute approximate surface area is 69.4 Å². The third-order valence-corrected chi connectivity index (χ3v) is 1.58. The molecule has 0 aliphatic heterocycles. The minimum atomic E-state index is -0.523. The fourth-order valence-corrected chi connectivity index (χ4v) is 0.968. The van der Waals surface area contributed by atoms with Crippen LogP contribution >= 0.6 is 0 Å². The number of halogens is 2. The zero-order valence-electron chi connectivity index (χ0n) is 6.48. The molecule has 0 saturated heterocycles. The molecule has 0 atom stereocenters. The van der Waals surface area contributed by atoms with Crippen molar-refractivity contribution in [3.63, 3.8) is 0 Å². The van der Waals surface area contributed by atoms with Gasteiger partial charge in [0.25, 0.3) is 0 Å². The van der Waals surface area contributed by atoms with Crippen molar-refractivity contribution in [2.24, 2.45) is 5.84 Å². The van der Waals surface area contributed by atoms with E-state index in [9.17, 15) is 8.78 Å². The maximum Gasteiger partial charge on any atom is 0.129 e. The standard InChI is InChI=1S/C8H10F2N2/c9-7-2-1-3-8(10)6(7)4-5-12-11/h1-3,12H,4-5,11H2. The number of hydrogen-bond acceptors (Lipinski definition) is 2. The zero-order valence-corrected chi connectivity index (χ0v) is 6.48. The van der Waals surface area contributed by atoms with E-state index in [2.05, 4.69) is 5.43 Å². The fraction of sp³-hybridized carbons (Fsp3) is 0.250. The molecule has 3 N–H and O–H groups in total. The number of nitrogens with two attached hydrogens (primary N) is 1. The molecule has 4 heteroatoms. The number of benzene rings is 1. The topological polar surface area (TPSA) is 38.0 Å². The Morgan fingerprint density at radius 2 is 1.83 bits per heavy atom. The van der Waals surface area contributed by atoms with E-state index in [1.807, 2.05) is 0 Å². The van der Waals surface area contributed by atoms with Gasteiger partial charge in [-0.2, -0.15) is 0 Å². The Kier molecular flexibility index (Phi) is 3.13. The van der Waals surface area contributed by atoms with Gasteiger partial charge in [-0.1, -0.05) is 6.07 Å². The van der Waals surface area contributed by atoms with Crippen LogP contribution in [0.3, 0.4) is 0 Å². The van der Waals surface area contributed by atoms with Crippen molar-refractivity contribution in [2.45, 2.75) is 6.42 Å². The van der Waals surface area contributed by atoms with Gasteiger partial charge >= 0.3 is 0 Å². The Balaban J connectivity index is 2.81. The summed E-state index contributed by atoms with van der Waals surface area (Å²) in [5.74, 6) is 3.94. The van der Waals surface area contributed by atoms with Crippen LogP contribution in [-0.4, -0.2) is 6.54 Å². The van der Waals surface area contributed by atoms with Gasteiger partial charge in [-0.25, -0.2) is 8.78 Å². The molecule has 0 spiro atoms. The highest BCUT2D eigenvalue weighted by Crippen LogP contribution is 2.11. The summed E-state index contributed by atoms with van der Waals surface area (Å²) in [6.45, 7) is 0.359. The van der Waals surface area contributed by atoms with Crippen LogP contribution in [0.25, 0.3) is 0 Å². The Morgan fingerprint density at radius 3 is 2.33 bits per heavy atom. The first-order chi connectivity index (χ1) is 5.75. The number of hydrogen-bond donors (Lipinski definition) is 2. The summed E-state index contributed by atoms with van der Waals surface area (Å²) >= 11 is 0. The molecule has 0 unspecified atom stereocenters. The Bertz CT molecular complexity index is 243. The van der Waals surface area contributed by atoms with Gasteiger partial charge in [0.05, 0.1) is 0 Å². The van der Waals surface area contributed by atoms with Crippen molar-refractivity contribution >= 4 is 0 Å². The summed E-state index contributed by atoms with van der Waals surface area (Å²) in [5.41, 5.74) is 2.42. The van der Waals surface area contributed by atoms with Crippen LogP contribution in [0, 0.1) is 11.6 Å². The zero-order chi connectivity index (χ0) is 8.97. The van der Waals surface area contributed by atoms with Crippen LogP contribution in [0.5, 0.6) is 0 Å². The van der Waals surface area contributed by atoms with E-state index in [0.29, 0.717) is 6.54 Å². The second-order valence-electron chi connectivity index (χ2n) is 2.40. The largest absolute Gasteiger partial charge is 0.271 e. The molecule has 0 radical (unpaired) electrons. The third-order valence-electron chi connectivity index (χ3n) is 1.58. The van der Waals surface area contributed by atoms with Crippen molar-refractivity contribution in [1.29, 1.82) is 0 Å². The maximum absolute atomic E-state index is 12.9. The van der Waals surface area contributed by atoms with Crippen LogP contribution in [0.1, 0.15) is 5.56 Å². The van der Waals surface area contributed by atoms with Crippen molar-refractivity contribution in [3.05, 3.63) is 35.4 Å². The highest BCUT2D eigenvalue weighted by Gasteiger charge is 2.06. The first-order valence-corrected chi connectivity index (χ1v) is 3.62. The monoisotopic (exact) mass is 172 g/mol. The molecular formula is C8H10F2N2. The van der Waals surface area contributed by atoms with Gasteiger partial charge in [-0.05, 0) is 18.6 Å². The molecule has 12 heavy (non-hydrogen) atoms. The number of hydrazine groups is 1. The lowest BCUT2D eigenvalue weighted by atomic mass is 10.1. The SMILES string of the molecule is NNCCc1c(F)cccc1F. The molecule has 1 rings (SSSR count). The van der Waals surface area contributed by atoms with Gasteiger partial charge in [-0.3, -0.25) is 11.3 Å². The van der Waals surface area contributed by atoms with E-state index >= 15 is 0 Å². The van der Waals surface area contributed by atoms with E-state index in [1.54, 1.807) is 0 Å². The Morgan fingerprint density at radius 1 is 1.25 bits per heavy atom. The first-order valence-electron chi connectivity index (χ1n) is 3.62. The average molecular weight is 172 g/mol. The van der Waals surface area contributed by atoms with Gasteiger partial charge in [0.15, 0.2) is 0 Å². The summed E-state index contributed by atoms with van der Waals surface area (Å²) in [4.78, 5) is 0. The summed E-state index contributed by atoms with van der Waals surface area (Å²) in [6.07, 6.45) is 0.259. The van der Waals surface area contributed by atoms with Gasteiger partial charge < -0.3 is 0 Å². The fourth-order valence-electron chi connectivity index (χ4n) is 0.968. The lowest BCUT2D eigenvalue weighted by Crippen LogP contribution is -2.24. The normalized spacial score (nSPS) is 10.2. The van der Waals surface area contributed by atoms with Crippen LogP contribution < -0.4 is 11.3 Å². The van der Waals surface area contributed by atoms with Gasteiger partial charge in [0, 0.05) is 12.1 Å². The molecule has 1 aromatic carbocycles. The van der Waals surface area contributed by atoms with Crippen LogP contribution in [-0.2, 0) is 6.42 Å². The highest BCUT2D eigenvalue weighted by molar-refractivity contribution is 5.19. The van der Waals surface area contributed by atoms with E-state index in [1.165, 1.54) is 18.2 Å². The number of nitrogens with one attached hydrogen (secondary N) is 1. The van der Waals surface area contributed by atoms with Crippen molar-refractivity contribution < 1.29 is 8.78 Å². The van der Waals surface area contributed by atoms with Crippen molar-refractivity contribution in [2.75, 3.05) is 6.54 Å². The quantitative estimate of drug-likeness (QED) is 0.526. The second-order valence-corrected chi connectivity index (χ2v) is 2.40. The minimum absolute atomic E-state index is 0.0791. The smallest absolute Gasteiger partial charge is 0.129 e. The third kappa shape index (κ3) is 1.99. The molecule has 0 saturated carbocycles. The van der Waals surface area contributed by atoms with Gasteiger partial charge in [0.2, 0.25) is 0 Å². The van der Waals surface area contributed by atoms with E-state index in [4.69, 9.17) is 5.84 Å². The molecule has 0 aliphatic carbocycles. The van der Waals surface area contributed by atoms with Crippen molar-refractivity contribution in [1.82, 2.24) is 5.43 Å². The highest BCUT2D eigenvalue weighted by atomic mass is 19.1. The summed E-state index contributed by atoms with van der Waals surface area (Å²) < 4.78 is 25.7. The van der Waals surface area contributed by atoms with E-state index in [-0.39, 0.29) is 12.0 Å². The lowest BCUT2D eigenvalue weighted by Gasteiger charge is -2.03. The van der Waals surface area contributed by atoms with Gasteiger partial charge in [0.1, 0.15) is 11.6 Å². The first kappa shape index (κ1) is 9.09. The van der Waals surface area contributed by atoms with Crippen molar-refractivity contribution in [3.8, 4) is 0 Å². The van der Waals surface area contributed by atoms with Crippen LogP contribution in [0.15, 0.2) is 18.2 Å². The van der Waals surface area contributed by atoms with E-state index < -0.39 is 11.6 Å². The summed E-state index contributed by atoms with van der Waals surface area (Å²) in [5, 5.41) is 0. The molecule has 2 nitrogen and oxygen atoms in total. The molecular weight excluding hydrogens is 162 g/mol. The molecule has 0 heterocycles. The maximum atomic E-state index is 12.9. The molecule has 0 aliphatic rings. The molecule has 0 amide bonds. The van der Waals surface area contributed by atoms with Crippen LogP contribution in [0.2, 0.25) is 0 Å². The molecule has 0 bridgehead atoms. The average Bonchev–Trinajstić information content (AvgIpc) is 2.04. The number of rotatable bonds is 3. The second kappa shape index (κ2) is 4.13. The predicted octanol–water partition coefficient (Wildman–Crippen LogP) is 0.971. The summed E-state index contributed by atoms with van der Waals surface area (Å²) in [6, 6.07) is 3.80. The molecule has 0 fully saturated rings. The van der Waals surface area contributed by atoms with Crippen LogP contribution in [0.4, 0.5) is 8.78 Å². The minimum Gasteiger partial charge on any atom is -0.271 e. The Hall–Kier alpha value is -1.00. The summed E-state index contributed by atoms with van der Waals surface area (Å²) in [7, 11) is 0. The lowest BCUT2D eigenvalue weighted by molar-refractivity contribution is 0.548. The molecule has 0 aromatic heterocycles. The predicted molar refractivity (Wildman–Crippen MR) is 42.3 cm³/mol.